The molecule has 2 heterocycles. The van der Waals surface area contributed by atoms with Gasteiger partial charge in [0.1, 0.15) is 5.75 Å². The van der Waals surface area contributed by atoms with Crippen LogP contribution in [0.1, 0.15) is 45.5 Å². The number of hydrogen-bond donors (Lipinski definition) is 0. The van der Waals surface area contributed by atoms with Crippen LogP contribution in [-0.2, 0) is 15.4 Å². The second-order valence-electron chi connectivity index (χ2n) is 8.00. The highest BCUT2D eigenvalue weighted by molar-refractivity contribution is 7.89. The van der Waals surface area contributed by atoms with E-state index in [1.807, 2.05) is 27.7 Å². The summed E-state index contributed by atoms with van der Waals surface area (Å²) >= 11 is 0. The quantitative estimate of drug-likeness (QED) is 0.751. The van der Waals surface area contributed by atoms with Crippen LogP contribution >= 0.6 is 0 Å². The molecule has 28 heavy (non-hydrogen) atoms. The van der Waals surface area contributed by atoms with Gasteiger partial charge in [0.25, 0.3) is 0 Å². The van der Waals surface area contributed by atoms with Gasteiger partial charge in [-0.15, -0.1) is 0 Å². The molecule has 1 atom stereocenters. The van der Waals surface area contributed by atoms with Gasteiger partial charge in [-0.25, -0.2) is 8.42 Å². The molecule has 1 aromatic carbocycles. The molecule has 0 N–H and O–H groups in total. The van der Waals surface area contributed by atoms with Crippen molar-refractivity contribution in [1.29, 1.82) is 0 Å². The minimum absolute atomic E-state index is 0.0607. The van der Waals surface area contributed by atoms with Crippen LogP contribution in [0, 0.1) is 0 Å². The monoisotopic (exact) mass is 408 g/mol. The highest BCUT2D eigenvalue weighted by atomic mass is 32.2. The summed E-state index contributed by atoms with van der Waals surface area (Å²) < 4.78 is 37.8. The van der Waals surface area contributed by atoms with Gasteiger partial charge in [0, 0.05) is 31.6 Å². The molecule has 0 spiro atoms. The Morgan fingerprint density at radius 3 is 2.21 bits per heavy atom. The fourth-order valence-electron chi connectivity index (χ4n) is 3.09. The second-order valence-corrected chi connectivity index (χ2v) is 9.94. The average molecular weight is 409 g/mol. The third-order valence-corrected chi connectivity index (χ3v) is 6.90. The van der Waals surface area contributed by atoms with E-state index < -0.39 is 10.0 Å². The van der Waals surface area contributed by atoms with Crippen LogP contribution in [0.15, 0.2) is 33.7 Å². The zero-order valence-corrected chi connectivity index (χ0v) is 17.9. The molecule has 0 radical (unpaired) electrons. The van der Waals surface area contributed by atoms with Crippen molar-refractivity contribution in [3.05, 3.63) is 36.0 Å². The molecule has 0 amide bonds. The Bertz CT molecular complexity index is 895. The first-order chi connectivity index (χ1) is 13.1. The summed E-state index contributed by atoms with van der Waals surface area (Å²) in [6, 6.07) is 6.42. The normalized spacial score (nSPS) is 18.2. The Morgan fingerprint density at radius 2 is 1.71 bits per heavy atom. The number of hydrogen-bond acceptors (Lipinski definition) is 7. The molecule has 1 fully saturated rings. The lowest BCUT2D eigenvalue weighted by Crippen LogP contribution is -2.49. The highest BCUT2D eigenvalue weighted by Crippen LogP contribution is 2.26. The zero-order chi connectivity index (χ0) is 20.5. The zero-order valence-electron chi connectivity index (χ0n) is 17.0. The lowest BCUT2D eigenvalue weighted by atomic mass is 9.96. The van der Waals surface area contributed by atoms with Crippen LogP contribution < -0.4 is 4.74 Å². The van der Waals surface area contributed by atoms with Gasteiger partial charge in [0.15, 0.2) is 5.82 Å². The Kier molecular flexibility index (Phi) is 5.79. The molecule has 154 valence electrons. The summed E-state index contributed by atoms with van der Waals surface area (Å²) in [7, 11) is -1.96. The molecule has 1 aromatic heterocycles. The van der Waals surface area contributed by atoms with E-state index in [4.69, 9.17) is 9.26 Å². The van der Waals surface area contributed by atoms with Gasteiger partial charge in [0.05, 0.1) is 18.0 Å². The minimum atomic E-state index is -3.52. The van der Waals surface area contributed by atoms with Gasteiger partial charge in [-0.2, -0.15) is 9.29 Å². The summed E-state index contributed by atoms with van der Waals surface area (Å²) in [5.41, 5.74) is -0.174. The van der Waals surface area contributed by atoms with Crippen molar-refractivity contribution in [2.75, 3.05) is 33.3 Å². The number of piperazine rings is 1. The second kappa shape index (κ2) is 7.81. The minimum Gasteiger partial charge on any atom is -0.497 e. The Morgan fingerprint density at radius 1 is 1.11 bits per heavy atom. The number of nitrogens with zero attached hydrogens (tertiary/aromatic N) is 4. The molecule has 3 rings (SSSR count). The number of rotatable bonds is 5. The molecule has 1 aliphatic rings. The number of sulfonamides is 1. The molecule has 1 saturated heterocycles. The summed E-state index contributed by atoms with van der Waals surface area (Å²) in [5, 5.41) is 4.08. The van der Waals surface area contributed by atoms with Crippen molar-refractivity contribution in [2.24, 2.45) is 0 Å². The smallest absolute Gasteiger partial charge is 0.243 e. The first kappa shape index (κ1) is 20.8. The van der Waals surface area contributed by atoms with E-state index in [0.717, 1.165) is 0 Å². The van der Waals surface area contributed by atoms with Crippen LogP contribution in [0.5, 0.6) is 5.75 Å². The molecule has 0 bridgehead atoms. The highest BCUT2D eigenvalue weighted by Gasteiger charge is 2.32. The van der Waals surface area contributed by atoms with Crippen LogP contribution in [0.2, 0.25) is 0 Å². The lowest BCUT2D eigenvalue weighted by Gasteiger charge is -2.36. The number of methoxy groups -OCH3 is 1. The molecule has 8 nitrogen and oxygen atoms in total. The topological polar surface area (TPSA) is 88.8 Å². The van der Waals surface area contributed by atoms with Gasteiger partial charge in [-0.05, 0) is 31.2 Å². The predicted molar refractivity (Wildman–Crippen MR) is 105 cm³/mol. The Balaban J connectivity index is 1.65. The molecule has 2 aromatic rings. The lowest BCUT2D eigenvalue weighted by molar-refractivity contribution is 0.124. The van der Waals surface area contributed by atoms with Crippen molar-refractivity contribution in [3.63, 3.8) is 0 Å². The van der Waals surface area contributed by atoms with E-state index in [1.165, 1.54) is 4.31 Å². The van der Waals surface area contributed by atoms with Crippen molar-refractivity contribution < 1.29 is 17.7 Å². The van der Waals surface area contributed by atoms with E-state index >= 15 is 0 Å². The van der Waals surface area contributed by atoms with Gasteiger partial charge in [-0.3, -0.25) is 4.90 Å². The maximum Gasteiger partial charge on any atom is 0.243 e. The largest absolute Gasteiger partial charge is 0.497 e. The molecule has 1 aliphatic heterocycles. The fraction of sp³-hybridized carbons (Fsp3) is 0.579. The molecular weight excluding hydrogens is 380 g/mol. The van der Waals surface area contributed by atoms with Crippen molar-refractivity contribution in [3.8, 4) is 5.75 Å². The molecule has 0 aliphatic carbocycles. The van der Waals surface area contributed by atoms with Crippen molar-refractivity contribution in [2.45, 2.75) is 44.0 Å². The molecular formula is C19H28N4O4S. The Labute approximate surface area is 166 Å². The average Bonchev–Trinajstić information content (AvgIpc) is 3.18. The van der Waals surface area contributed by atoms with Crippen molar-refractivity contribution in [1.82, 2.24) is 19.3 Å². The summed E-state index contributed by atoms with van der Waals surface area (Å²) in [4.78, 5) is 6.97. The fourth-order valence-corrected chi connectivity index (χ4v) is 4.52. The van der Waals surface area contributed by atoms with Gasteiger partial charge >= 0.3 is 0 Å². The number of benzene rings is 1. The summed E-state index contributed by atoms with van der Waals surface area (Å²) in [6.45, 7) is 10.2. The third kappa shape index (κ3) is 4.21. The van der Waals surface area contributed by atoms with Gasteiger partial charge in [-0.1, -0.05) is 25.9 Å². The van der Waals surface area contributed by atoms with E-state index in [0.29, 0.717) is 43.6 Å². The van der Waals surface area contributed by atoms with Crippen LogP contribution in [0.3, 0.4) is 0 Å². The maximum absolute atomic E-state index is 12.9. The first-order valence-corrected chi connectivity index (χ1v) is 10.8. The molecule has 0 saturated carbocycles. The SMILES string of the molecule is COc1ccc(S(=O)(=O)N2CCN(C(C)c3nc(C(C)(C)C)no3)CC2)cc1. The molecule has 1 unspecified atom stereocenters. The maximum atomic E-state index is 12.9. The standard InChI is InChI=1S/C19H28N4O4S/c1-14(17-20-18(21-27-17)19(2,3)4)22-10-12-23(13-11-22)28(24,25)16-8-6-15(26-5)7-9-16/h6-9,14H,10-13H2,1-5H3. The van der Waals surface area contributed by atoms with Gasteiger partial charge in [0.2, 0.25) is 15.9 Å². The summed E-state index contributed by atoms with van der Waals surface area (Å²) in [6.07, 6.45) is 0. The van der Waals surface area contributed by atoms with Crippen LogP contribution in [0.25, 0.3) is 0 Å². The van der Waals surface area contributed by atoms with Crippen LogP contribution in [-0.4, -0.2) is 61.1 Å². The Hall–Kier alpha value is -1.97. The van der Waals surface area contributed by atoms with E-state index in [9.17, 15) is 8.42 Å². The van der Waals surface area contributed by atoms with Gasteiger partial charge < -0.3 is 9.26 Å². The third-order valence-electron chi connectivity index (χ3n) is 4.99. The van der Waals surface area contributed by atoms with E-state index in [2.05, 4.69) is 15.0 Å². The van der Waals surface area contributed by atoms with E-state index in [-0.39, 0.29) is 16.4 Å². The van der Waals surface area contributed by atoms with E-state index in [1.54, 1.807) is 31.4 Å². The predicted octanol–water partition coefficient (Wildman–Crippen LogP) is 2.44. The van der Waals surface area contributed by atoms with Crippen LogP contribution in [0.4, 0.5) is 0 Å². The number of ether oxygens (including phenoxy) is 1. The number of aromatic nitrogens is 2. The van der Waals surface area contributed by atoms with Crippen molar-refractivity contribution >= 4 is 10.0 Å². The summed E-state index contributed by atoms with van der Waals surface area (Å²) in [5.74, 6) is 1.87. The molecule has 9 heteroatoms. The first-order valence-electron chi connectivity index (χ1n) is 9.35.